The van der Waals surface area contributed by atoms with Gasteiger partial charge in [0.05, 0.1) is 53.5 Å². The molecule has 0 bridgehead atoms. The topological polar surface area (TPSA) is 89.7 Å². The van der Waals surface area contributed by atoms with E-state index < -0.39 is 5.92 Å². The highest BCUT2D eigenvalue weighted by atomic mass is 16.5. The van der Waals surface area contributed by atoms with E-state index in [9.17, 15) is 14.4 Å². The molecule has 1 heterocycles. The number of hydrogen-bond donors (Lipinski definition) is 1. The van der Waals surface area contributed by atoms with Crippen molar-refractivity contribution in [3.63, 3.8) is 0 Å². The fourth-order valence-corrected chi connectivity index (χ4v) is 4.29. The van der Waals surface area contributed by atoms with Crippen LogP contribution in [0.5, 0.6) is 11.5 Å². The Morgan fingerprint density at radius 3 is 2.35 bits per heavy atom. The molecule has 2 fully saturated rings. The number of carbonyl (C=O) groups is 3. The Hall–Kier alpha value is -2.74. The van der Waals surface area contributed by atoms with Crippen LogP contribution in [0.3, 0.4) is 0 Å². The van der Waals surface area contributed by atoms with Gasteiger partial charge in [0.2, 0.25) is 5.91 Å². The first-order valence-corrected chi connectivity index (χ1v) is 10.8. The smallest absolute Gasteiger partial charge is 0.219 e. The fourth-order valence-electron chi connectivity index (χ4n) is 4.29. The maximum absolute atomic E-state index is 12.7. The first-order valence-electron chi connectivity index (χ1n) is 10.8. The van der Waals surface area contributed by atoms with Gasteiger partial charge in [0.25, 0.3) is 0 Å². The minimum Gasteiger partial charge on any atom is -0.493 e. The molecule has 0 unspecified atom stereocenters. The zero-order chi connectivity index (χ0) is 22.4. The third-order valence-corrected chi connectivity index (χ3v) is 6.23. The molecule has 1 saturated heterocycles. The van der Waals surface area contributed by atoms with Crippen LogP contribution >= 0.6 is 0 Å². The standard InChI is InChI=1S/C23H31N3O5/c1-16(27)26-10-8-25(9-11-26)7-6-24-15-19-20(28)12-18(13-21(19)29)17-4-5-22(30-2)23(14-17)31-3/h4-5,14-15,18-19H,6-13H2,1-3H3/p+1. The molecule has 3 rings (SSSR count). The van der Waals surface area contributed by atoms with Crippen LogP contribution in [0.4, 0.5) is 0 Å². The molecular weight excluding hydrogens is 398 g/mol. The molecule has 1 saturated carbocycles. The van der Waals surface area contributed by atoms with Crippen LogP contribution in [0.1, 0.15) is 31.2 Å². The zero-order valence-corrected chi connectivity index (χ0v) is 18.6. The second-order valence-electron chi connectivity index (χ2n) is 8.19. The van der Waals surface area contributed by atoms with E-state index in [4.69, 9.17) is 9.47 Å². The average Bonchev–Trinajstić information content (AvgIpc) is 2.77. The number of quaternary nitrogens is 1. The van der Waals surface area contributed by atoms with Gasteiger partial charge in [-0.1, -0.05) is 6.07 Å². The lowest BCUT2D eigenvalue weighted by atomic mass is 9.77. The van der Waals surface area contributed by atoms with Gasteiger partial charge in [0.15, 0.2) is 11.5 Å². The maximum Gasteiger partial charge on any atom is 0.219 e. The highest BCUT2D eigenvalue weighted by Gasteiger charge is 2.35. The number of piperazine rings is 1. The molecule has 8 heteroatoms. The highest BCUT2D eigenvalue weighted by molar-refractivity contribution is 6.16. The minimum atomic E-state index is -0.735. The summed E-state index contributed by atoms with van der Waals surface area (Å²) in [7, 11) is 3.14. The number of hydrogen-bond acceptors (Lipinski definition) is 6. The molecule has 1 aromatic rings. The van der Waals surface area contributed by atoms with Gasteiger partial charge >= 0.3 is 0 Å². The summed E-state index contributed by atoms with van der Waals surface area (Å²) in [6.45, 7) is 6.37. The summed E-state index contributed by atoms with van der Waals surface area (Å²) in [6, 6.07) is 5.53. The van der Waals surface area contributed by atoms with Crippen molar-refractivity contribution in [2.24, 2.45) is 10.9 Å². The summed E-state index contributed by atoms with van der Waals surface area (Å²) in [5.74, 6) is 0.291. The summed E-state index contributed by atoms with van der Waals surface area (Å²) in [5.41, 5.74) is 0.906. The number of methoxy groups -OCH3 is 2. The van der Waals surface area contributed by atoms with Crippen LogP contribution in [0, 0.1) is 5.92 Å². The van der Waals surface area contributed by atoms with Crippen LogP contribution in [-0.2, 0) is 14.4 Å². The van der Waals surface area contributed by atoms with Crippen LogP contribution < -0.4 is 14.4 Å². The number of ether oxygens (including phenoxy) is 2. The van der Waals surface area contributed by atoms with Gasteiger partial charge in [-0.2, -0.15) is 0 Å². The van der Waals surface area contributed by atoms with Crippen molar-refractivity contribution in [2.45, 2.75) is 25.7 Å². The molecule has 1 aromatic carbocycles. The minimum absolute atomic E-state index is 0.0813. The molecule has 1 amide bonds. The monoisotopic (exact) mass is 430 g/mol. The van der Waals surface area contributed by atoms with Gasteiger partial charge in [-0.25, -0.2) is 0 Å². The molecule has 1 aliphatic heterocycles. The lowest BCUT2D eigenvalue weighted by molar-refractivity contribution is -0.902. The SMILES string of the molecule is COc1ccc(C2CC(=O)C(C=NCC[NH+]3CCN(C(C)=O)CC3)C(=O)C2)cc1OC. The first-order chi connectivity index (χ1) is 14.9. The lowest BCUT2D eigenvalue weighted by Crippen LogP contribution is -3.15. The largest absolute Gasteiger partial charge is 0.493 e. The molecule has 168 valence electrons. The molecule has 1 aliphatic carbocycles. The summed E-state index contributed by atoms with van der Waals surface area (Å²) in [4.78, 5) is 44.3. The predicted molar refractivity (Wildman–Crippen MR) is 116 cm³/mol. The Morgan fingerprint density at radius 1 is 1.13 bits per heavy atom. The number of amides is 1. The highest BCUT2D eigenvalue weighted by Crippen LogP contribution is 2.36. The Labute approximate surface area is 183 Å². The lowest BCUT2D eigenvalue weighted by Gasteiger charge is -2.31. The van der Waals surface area contributed by atoms with E-state index in [0.717, 1.165) is 38.3 Å². The Bertz CT molecular complexity index is 828. The Balaban J connectivity index is 1.51. The van der Waals surface area contributed by atoms with E-state index in [0.29, 0.717) is 30.9 Å². The number of ketones is 2. The normalized spacial score (nSPS) is 22.7. The average molecular weight is 431 g/mol. The molecule has 0 spiro atoms. The van der Waals surface area contributed by atoms with Gasteiger partial charge in [-0.05, 0) is 23.6 Å². The van der Waals surface area contributed by atoms with E-state index in [-0.39, 0.29) is 23.4 Å². The van der Waals surface area contributed by atoms with Crippen LogP contribution in [0.2, 0.25) is 0 Å². The van der Waals surface area contributed by atoms with Gasteiger partial charge in [0.1, 0.15) is 17.5 Å². The summed E-state index contributed by atoms with van der Waals surface area (Å²) in [5, 5.41) is 0. The van der Waals surface area contributed by atoms with E-state index in [1.807, 2.05) is 17.0 Å². The van der Waals surface area contributed by atoms with Crippen LogP contribution in [-0.4, -0.2) is 82.1 Å². The molecule has 31 heavy (non-hydrogen) atoms. The molecule has 0 aromatic heterocycles. The third kappa shape index (κ3) is 5.70. The number of Topliss-reactive ketones (excluding diaryl/α,β-unsaturated/α-hetero) is 2. The van der Waals surface area contributed by atoms with Crippen LogP contribution in [0.25, 0.3) is 0 Å². The summed E-state index contributed by atoms with van der Waals surface area (Å²) in [6.07, 6.45) is 2.17. The fraction of sp³-hybridized carbons (Fsp3) is 0.565. The second-order valence-corrected chi connectivity index (χ2v) is 8.19. The van der Waals surface area contributed by atoms with E-state index in [2.05, 4.69) is 4.99 Å². The van der Waals surface area contributed by atoms with Gasteiger partial charge in [0, 0.05) is 26.0 Å². The molecule has 8 nitrogen and oxygen atoms in total. The predicted octanol–water partition coefficient (Wildman–Crippen LogP) is 0.153. The summed E-state index contributed by atoms with van der Waals surface area (Å²) < 4.78 is 10.6. The Kier molecular flexibility index (Phi) is 7.79. The van der Waals surface area contributed by atoms with Crippen molar-refractivity contribution >= 4 is 23.7 Å². The first kappa shape index (κ1) is 22.9. The van der Waals surface area contributed by atoms with E-state index >= 15 is 0 Å². The molecular formula is C23H32N3O5+. The number of nitrogens with one attached hydrogen (secondary N) is 1. The Morgan fingerprint density at radius 2 is 1.77 bits per heavy atom. The third-order valence-electron chi connectivity index (χ3n) is 6.23. The molecule has 1 N–H and O–H groups in total. The number of carbonyl (C=O) groups excluding carboxylic acids is 3. The molecule has 2 aliphatic rings. The molecule has 0 radical (unpaired) electrons. The van der Waals surface area contributed by atoms with Gasteiger partial charge in [-0.15, -0.1) is 0 Å². The number of aliphatic imine (C=N–C) groups is 1. The molecule has 0 atom stereocenters. The maximum atomic E-state index is 12.7. The number of rotatable bonds is 7. The van der Waals surface area contributed by atoms with Gasteiger partial charge < -0.3 is 19.3 Å². The quantitative estimate of drug-likeness (QED) is 0.492. The van der Waals surface area contributed by atoms with Crippen molar-refractivity contribution in [2.75, 3.05) is 53.5 Å². The van der Waals surface area contributed by atoms with Crippen molar-refractivity contribution < 1.29 is 28.8 Å². The number of benzene rings is 1. The van der Waals surface area contributed by atoms with E-state index in [1.54, 1.807) is 33.4 Å². The zero-order valence-electron chi connectivity index (χ0n) is 18.6. The number of nitrogens with zero attached hydrogens (tertiary/aromatic N) is 2. The van der Waals surface area contributed by atoms with Gasteiger partial charge in [-0.3, -0.25) is 19.4 Å². The van der Waals surface area contributed by atoms with Crippen molar-refractivity contribution in [3.8, 4) is 11.5 Å². The van der Waals surface area contributed by atoms with Crippen LogP contribution in [0.15, 0.2) is 23.2 Å². The van der Waals surface area contributed by atoms with Crippen molar-refractivity contribution in [1.29, 1.82) is 0 Å². The van der Waals surface area contributed by atoms with Crippen molar-refractivity contribution in [1.82, 2.24) is 4.90 Å². The summed E-state index contributed by atoms with van der Waals surface area (Å²) >= 11 is 0. The second kappa shape index (κ2) is 10.5. The van der Waals surface area contributed by atoms with Crippen molar-refractivity contribution in [3.05, 3.63) is 23.8 Å². The van der Waals surface area contributed by atoms with E-state index in [1.165, 1.54) is 4.90 Å².